The van der Waals surface area contributed by atoms with Crippen molar-refractivity contribution in [1.82, 2.24) is 14.9 Å². The van der Waals surface area contributed by atoms with Gasteiger partial charge in [-0.1, -0.05) is 31.2 Å². The topological polar surface area (TPSA) is 96.0 Å². The number of carbonyl (C=O) groups is 2. The van der Waals surface area contributed by atoms with Crippen molar-refractivity contribution >= 4 is 40.6 Å². The first-order valence-electron chi connectivity index (χ1n) is 11.1. The molecule has 3 aromatic carbocycles. The maximum absolute atomic E-state index is 14.2. The molecule has 0 radical (unpaired) electrons. The number of nitrogens with one attached hydrogen (secondary N) is 3. The summed E-state index contributed by atoms with van der Waals surface area (Å²) < 4.78 is 15.4. The second-order valence-corrected chi connectivity index (χ2v) is 8.35. The Balaban J connectivity index is 1.50. The van der Waals surface area contributed by atoms with Crippen LogP contribution in [0.1, 0.15) is 35.7 Å². The minimum Gasteiger partial charge on any atom is -0.348 e. The van der Waals surface area contributed by atoms with Gasteiger partial charge < -0.3 is 15.6 Å². The molecule has 0 saturated heterocycles. The molecular formula is C26H23FN4O3S. The van der Waals surface area contributed by atoms with Crippen LogP contribution in [-0.4, -0.2) is 21.4 Å². The lowest BCUT2D eigenvalue weighted by molar-refractivity contribution is -0.116. The summed E-state index contributed by atoms with van der Waals surface area (Å²) in [6.07, 6.45) is 1.24. The van der Waals surface area contributed by atoms with Crippen LogP contribution >= 0.6 is 12.2 Å². The molecule has 178 valence electrons. The fraction of sp³-hybridized carbons (Fsp3) is 0.154. The Morgan fingerprint density at radius 2 is 1.80 bits per heavy atom. The molecule has 4 aromatic rings. The zero-order chi connectivity index (χ0) is 24.9. The summed E-state index contributed by atoms with van der Waals surface area (Å²) in [5.74, 6) is -0.935. The van der Waals surface area contributed by atoms with E-state index >= 15 is 0 Å². The quantitative estimate of drug-likeness (QED) is 0.323. The third-order valence-corrected chi connectivity index (χ3v) is 5.71. The number of hydrogen-bond acceptors (Lipinski definition) is 4. The summed E-state index contributed by atoms with van der Waals surface area (Å²) in [6, 6.07) is 17.7. The third-order valence-electron chi connectivity index (χ3n) is 5.42. The molecule has 9 heteroatoms. The number of hydrogen-bond donors (Lipinski definition) is 3. The van der Waals surface area contributed by atoms with Crippen molar-refractivity contribution in [3.63, 3.8) is 0 Å². The number of benzene rings is 3. The largest absolute Gasteiger partial charge is 0.348 e. The predicted octanol–water partition coefficient (Wildman–Crippen LogP) is 4.86. The van der Waals surface area contributed by atoms with Gasteiger partial charge in [0.25, 0.3) is 11.5 Å². The Labute approximate surface area is 205 Å². The standard InChI is InChI=1S/C26H23FN4O3S/c1-2-5-23(32)29-18-11-8-16(9-12-18)15-28-24(33)17-10-13-19-21(14-17)30-26(35)31(25(19)34)22-7-4-3-6-20(22)27/h3-4,6-14H,2,5,15H2,1H3,(H,28,33)(H,29,32)(H,30,35). The van der Waals surface area contributed by atoms with E-state index in [1.165, 1.54) is 30.3 Å². The van der Waals surface area contributed by atoms with E-state index in [2.05, 4.69) is 15.6 Å². The Bertz CT molecular complexity index is 1530. The van der Waals surface area contributed by atoms with Gasteiger partial charge in [-0.15, -0.1) is 0 Å². The summed E-state index contributed by atoms with van der Waals surface area (Å²) in [6.45, 7) is 2.22. The number of aromatic nitrogens is 2. The first-order chi connectivity index (χ1) is 16.9. The summed E-state index contributed by atoms with van der Waals surface area (Å²) in [5.41, 5.74) is 1.86. The molecule has 0 saturated carbocycles. The molecule has 0 bridgehead atoms. The van der Waals surface area contributed by atoms with Crippen LogP contribution < -0.4 is 16.2 Å². The first-order valence-corrected chi connectivity index (χ1v) is 11.5. The fourth-order valence-electron chi connectivity index (χ4n) is 3.65. The van der Waals surface area contributed by atoms with Crippen LogP contribution in [0, 0.1) is 10.6 Å². The van der Waals surface area contributed by atoms with Gasteiger partial charge in [0.2, 0.25) is 5.91 Å². The van der Waals surface area contributed by atoms with Crippen molar-refractivity contribution in [2.75, 3.05) is 5.32 Å². The van der Waals surface area contributed by atoms with Gasteiger partial charge in [0.15, 0.2) is 4.77 Å². The van der Waals surface area contributed by atoms with Gasteiger partial charge in [0, 0.05) is 24.2 Å². The first kappa shape index (κ1) is 24.0. The van der Waals surface area contributed by atoms with E-state index < -0.39 is 11.4 Å². The highest BCUT2D eigenvalue weighted by molar-refractivity contribution is 7.71. The third kappa shape index (κ3) is 5.36. The van der Waals surface area contributed by atoms with Crippen LogP contribution in [0.15, 0.2) is 71.5 Å². The number of fused-ring (bicyclic) bond motifs is 1. The molecule has 35 heavy (non-hydrogen) atoms. The highest BCUT2D eigenvalue weighted by Crippen LogP contribution is 2.16. The SMILES string of the molecule is CCCC(=O)Nc1ccc(CNC(=O)c2ccc3c(=O)n(-c4ccccc4F)c(=S)[nH]c3c2)cc1. The van der Waals surface area contributed by atoms with Crippen molar-refractivity contribution in [3.8, 4) is 5.69 Å². The molecule has 1 heterocycles. The van der Waals surface area contributed by atoms with E-state index in [0.717, 1.165) is 16.6 Å². The molecule has 0 fully saturated rings. The number of H-pyrrole nitrogens is 1. The molecule has 0 unspecified atom stereocenters. The zero-order valence-corrected chi connectivity index (χ0v) is 19.7. The van der Waals surface area contributed by atoms with Crippen molar-refractivity contribution in [3.05, 3.63) is 98.8 Å². The number of nitrogens with zero attached hydrogens (tertiary/aromatic N) is 1. The molecule has 0 aliphatic carbocycles. The molecule has 0 aliphatic rings. The zero-order valence-electron chi connectivity index (χ0n) is 18.9. The van der Waals surface area contributed by atoms with Gasteiger partial charge in [0.1, 0.15) is 5.82 Å². The van der Waals surface area contributed by atoms with Crippen LogP contribution in [0.5, 0.6) is 0 Å². The minimum absolute atomic E-state index is 0.0243. The predicted molar refractivity (Wildman–Crippen MR) is 136 cm³/mol. The molecule has 4 rings (SSSR count). The van der Waals surface area contributed by atoms with Crippen molar-refractivity contribution in [2.24, 2.45) is 0 Å². The molecular weight excluding hydrogens is 467 g/mol. The minimum atomic E-state index is -0.569. The molecule has 0 atom stereocenters. The number of aromatic amines is 1. The van der Waals surface area contributed by atoms with Crippen LogP contribution in [0.4, 0.5) is 10.1 Å². The number of carbonyl (C=O) groups excluding carboxylic acids is 2. The van der Waals surface area contributed by atoms with Gasteiger partial charge in [-0.05, 0) is 66.7 Å². The molecule has 3 N–H and O–H groups in total. The Kier molecular flexibility index (Phi) is 7.17. The number of para-hydroxylation sites is 1. The van der Waals surface area contributed by atoms with E-state index in [0.29, 0.717) is 23.2 Å². The lowest BCUT2D eigenvalue weighted by Crippen LogP contribution is -2.24. The van der Waals surface area contributed by atoms with Gasteiger partial charge in [0.05, 0.1) is 16.6 Å². The van der Waals surface area contributed by atoms with E-state index in [1.54, 1.807) is 24.3 Å². The van der Waals surface area contributed by atoms with E-state index in [1.807, 2.05) is 19.1 Å². The number of amides is 2. The molecule has 1 aromatic heterocycles. The molecule has 0 aliphatic heterocycles. The number of rotatable bonds is 7. The summed E-state index contributed by atoms with van der Waals surface area (Å²) in [7, 11) is 0. The lowest BCUT2D eigenvalue weighted by atomic mass is 10.1. The Hall–Kier alpha value is -4.11. The van der Waals surface area contributed by atoms with Crippen molar-refractivity contribution in [2.45, 2.75) is 26.3 Å². The van der Waals surface area contributed by atoms with Crippen LogP contribution in [0.2, 0.25) is 0 Å². The highest BCUT2D eigenvalue weighted by atomic mass is 32.1. The average Bonchev–Trinajstić information content (AvgIpc) is 2.84. The van der Waals surface area contributed by atoms with Crippen molar-refractivity contribution < 1.29 is 14.0 Å². The second-order valence-electron chi connectivity index (χ2n) is 7.96. The molecule has 7 nitrogen and oxygen atoms in total. The second kappa shape index (κ2) is 10.4. The molecule has 0 spiro atoms. The van der Waals surface area contributed by atoms with Gasteiger partial charge in [-0.2, -0.15) is 0 Å². The van der Waals surface area contributed by atoms with Crippen LogP contribution in [0.25, 0.3) is 16.6 Å². The van der Waals surface area contributed by atoms with Crippen LogP contribution in [0.3, 0.4) is 0 Å². The van der Waals surface area contributed by atoms with Gasteiger partial charge in [-0.25, -0.2) is 8.96 Å². The summed E-state index contributed by atoms with van der Waals surface area (Å²) >= 11 is 5.30. The molecule has 2 amide bonds. The average molecular weight is 491 g/mol. The Morgan fingerprint density at radius 1 is 1.06 bits per heavy atom. The van der Waals surface area contributed by atoms with E-state index in [4.69, 9.17) is 12.2 Å². The van der Waals surface area contributed by atoms with Gasteiger partial charge >= 0.3 is 0 Å². The van der Waals surface area contributed by atoms with Gasteiger partial charge in [-0.3, -0.25) is 14.4 Å². The van der Waals surface area contributed by atoms with E-state index in [-0.39, 0.29) is 34.2 Å². The normalized spacial score (nSPS) is 10.8. The number of anilines is 1. The monoisotopic (exact) mass is 490 g/mol. The Morgan fingerprint density at radius 3 is 2.51 bits per heavy atom. The van der Waals surface area contributed by atoms with Crippen LogP contribution in [-0.2, 0) is 11.3 Å². The smallest absolute Gasteiger partial charge is 0.266 e. The summed E-state index contributed by atoms with van der Waals surface area (Å²) in [5, 5.41) is 5.93. The highest BCUT2D eigenvalue weighted by Gasteiger charge is 2.13. The summed E-state index contributed by atoms with van der Waals surface area (Å²) in [4.78, 5) is 40.3. The van der Waals surface area contributed by atoms with Crippen molar-refractivity contribution in [1.29, 1.82) is 0 Å². The maximum Gasteiger partial charge on any atom is 0.266 e. The number of halogens is 1. The maximum atomic E-state index is 14.2. The van der Waals surface area contributed by atoms with E-state index in [9.17, 15) is 18.8 Å². The fourth-order valence-corrected chi connectivity index (χ4v) is 3.94. The lowest BCUT2D eigenvalue weighted by Gasteiger charge is -2.10.